The summed E-state index contributed by atoms with van der Waals surface area (Å²) < 4.78 is 0. The molecular weight excluding hydrogens is 646 g/mol. The number of carboxylic acids is 2. The van der Waals surface area contributed by atoms with Gasteiger partial charge in [0.15, 0.2) is 5.96 Å². The smallest absolute Gasteiger partial charge is 0.326 e. The van der Waals surface area contributed by atoms with E-state index in [1.165, 1.54) is 18.7 Å². The Balaban J connectivity index is 5.74. The summed E-state index contributed by atoms with van der Waals surface area (Å²) in [5.74, 6) is -7.02. The molecule has 7 atom stereocenters. The van der Waals surface area contributed by atoms with Crippen molar-refractivity contribution in [3.63, 3.8) is 0 Å². The summed E-state index contributed by atoms with van der Waals surface area (Å²) in [5.41, 5.74) is 16.3. The van der Waals surface area contributed by atoms with Crippen LogP contribution in [0.2, 0.25) is 0 Å². The maximum atomic E-state index is 13.2. The first-order valence-corrected chi connectivity index (χ1v) is 15.9. The molecule has 47 heavy (non-hydrogen) atoms. The van der Waals surface area contributed by atoms with Gasteiger partial charge in [-0.3, -0.25) is 33.8 Å². The van der Waals surface area contributed by atoms with Gasteiger partial charge in [-0.05, 0) is 51.5 Å². The van der Waals surface area contributed by atoms with Gasteiger partial charge >= 0.3 is 11.9 Å². The number of aliphatic imine (C=N–C) groups is 1. The molecule has 0 spiro atoms. The Morgan fingerprint density at radius 1 is 0.766 bits per heavy atom. The molecule has 0 aliphatic rings. The van der Waals surface area contributed by atoms with Crippen LogP contribution in [-0.4, -0.2) is 135 Å². The van der Waals surface area contributed by atoms with Crippen molar-refractivity contribution in [3.8, 4) is 0 Å². The van der Waals surface area contributed by atoms with Crippen LogP contribution in [-0.2, 0) is 33.6 Å². The highest BCUT2D eigenvalue weighted by atomic mass is 32.2. The highest BCUT2D eigenvalue weighted by molar-refractivity contribution is 7.98. The molecule has 0 aliphatic heterocycles. The summed E-state index contributed by atoms with van der Waals surface area (Å²) in [4.78, 5) is 90.1. The van der Waals surface area contributed by atoms with Crippen molar-refractivity contribution < 1.29 is 54.0 Å². The Kier molecular flexibility index (Phi) is 20.3. The number of aliphatic hydroxyl groups is 2. The van der Waals surface area contributed by atoms with Crippen LogP contribution in [0, 0.1) is 0 Å². The van der Waals surface area contributed by atoms with Gasteiger partial charge in [-0.1, -0.05) is 0 Å². The first kappa shape index (κ1) is 42.8. The number of carbonyl (C=O) groups excluding carboxylic acids is 5. The molecule has 0 saturated heterocycles. The van der Waals surface area contributed by atoms with Crippen LogP contribution in [0.25, 0.3) is 0 Å². The number of amides is 5. The summed E-state index contributed by atoms with van der Waals surface area (Å²) in [7, 11) is 0. The molecular formula is C26H47N9O11S. The van der Waals surface area contributed by atoms with Gasteiger partial charge in [-0.2, -0.15) is 11.8 Å². The largest absolute Gasteiger partial charge is 0.481 e. The second-order valence-corrected chi connectivity index (χ2v) is 11.4. The highest BCUT2D eigenvalue weighted by Gasteiger charge is 2.33. The van der Waals surface area contributed by atoms with Crippen molar-refractivity contribution in [2.45, 2.75) is 88.3 Å². The lowest BCUT2D eigenvalue weighted by molar-refractivity contribution is -0.142. The number of carboxylic acid groups (broad SMARTS) is 2. The summed E-state index contributed by atoms with van der Waals surface area (Å²) in [6, 6.07) is -8.48. The molecule has 0 heterocycles. The van der Waals surface area contributed by atoms with E-state index in [0.29, 0.717) is 5.75 Å². The van der Waals surface area contributed by atoms with Crippen LogP contribution in [0.15, 0.2) is 4.99 Å². The minimum atomic E-state index is -1.71. The molecule has 0 fully saturated rings. The zero-order valence-electron chi connectivity index (χ0n) is 26.4. The Bertz CT molecular complexity index is 1120. The highest BCUT2D eigenvalue weighted by Crippen LogP contribution is 2.05. The molecule has 5 amide bonds. The van der Waals surface area contributed by atoms with Crippen LogP contribution in [0.4, 0.5) is 0 Å². The molecule has 0 rings (SSSR count). The van der Waals surface area contributed by atoms with Gasteiger partial charge < -0.3 is 64.2 Å². The van der Waals surface area contributed by atoms with E-state index < -0.39 is 96.9 Å². The van der Waals surface area contributed by atoms with Gasteiger partial charge in [0.05, 0.1) is 18.8 Å². The van der Waals surface area contributed by atoms with Gasteiger partial charge in [-0.25, -0.2) is 4.79 Å². The third-order valence-electron chi connectivity index (χ3n) is 6.44. The minimum absolute atomic E-state index is 0.0524. The van der Waals surface area contributed by atoms with Gasteiger partial charge in [0.2, 0.25) is 29.5 Å². The number of rotatable bonds is 23. The Morgan fingerprint density at radius 3 is 1.85 bits per heavy atom. The topological polar surface area (TPSA) is 351 Å². The molecule has 0 unspecified atom stereocenters. The summed E-state index contributed by atoms with van der Waals surface area (Å²) in [5, 5.41) is 49.5. The third-order valence-corrected chi connectivity index (χ3v) is 7.08. The average molecular weight is 694 g/mol. The number of guanidine groups is 1. The average Bonchev–Trinajstić information content (AvgIpc) is 2.99. The standard InChI is InChI=1S/C26H47N9O11S/c1-12(20(40)33-16(25(45)46)8-10-47-3)31-22(42)15(5-4-9-30-26(28)29)32-24(44)19(13(2)37)35-23(43)17(11-36)34-21(41)14(27)6-7-18(38)39/h12-17,19,36-37H,4-11,27H2,1-3H3,(H,31,42)(H,32,44)(H,33,40)(H,34,41)(H,35,43)(H,38,39)(H,45,46)(H4,28,29,30)/t12-,13+,14-,15-,16-,17-,19-/m0/s1. The van der Waals surface area contributed by atoms with Crippen molar-refractivity contribution in [2.75, 3.05) is 25.2 Å². The molecule has 0 radical (unpaired) electrons. The van der Waals surface area contributed by atoms with E-state index in [1.54, 1.807) is 6.26 Å². The van der Waals surface area contributed by atoms with Crippen LogP contribution in [0.1, 0.15) is 46.0 Å². The van der Waals surface area contributed by atoms with E-state index in [2.05, 4.69) is 31.6 Å². The predicted molar refractivity (Wildman–Crippen MR) is 169 cm³/mol. The van der Waals surface area contributed by atoms with Crippen molar-refractivity contribution in [1.82, 2.24) is 26.6 Å². The first-order chi connectivity index (χ1) is 21.9. The molecule has 0 aliphatic carbocycles. The molecule has 0 aromatic rings. The molecule has 20 nitrogen and oxygen atoms in total. The van der Waals surface area contributed by atoms with Gasteiger partial charge in [0.1, 0.15) is 30.2 Å². The number of aliphatic hydroxyl groups excluding tert-OH is 2. The van der Waals surface area contributed by atoms with E-state index >= 15 is 0 Å². The summed E-state index contributed by atoms with van der Waals surface area (Å²) in [6.45, 7) is 1.55. The fourth-order valence-electron chi connectivity index (χ4n) is 3.75. The molecule has 21 heteroatoms. The lowest BCUT2D eigenvalue weighted by Crippen LogP contribution is -2.61. The van der Waals surface area contributed by atoms with Crippen LogP contribution >= 0.6 is 11.8 Å². The van der Waals surface area contributed by atoms with Crippen molar-refractivity contribution in [3.05, 3.63) is 0 Å². The monoisotopic (exact) mass is 693 g/mol. The minimum Gasteiger partial charge on any atom is -0.481 e. The SMILES string of the molecule is CSCC[C@H](NC(=O)[C@H](C)NC(=O)[C@H](CCCN=C(N)N)NC(=O)[C@@H](NC(=O)[C@H](CO)NC(=O)[C@@H](N)CCC(=O)O)[C@@H](C)O)C(=O)O. The van der Waals surface area contributed by atoms with Crippen molar-refractivity contribution in [1.29, 1.82) is 0 Å². The van der Waals surface area contributed by atoms with E-state index in [-0.39, 0.29) is 38.2 Å². The number of nitrogens with one attached hydrogen (secondary N) is 5. The van der Waals surface area contributed by atoms with E-state index in [1.807, 2.05) is 0 Å². The van der Waals surface area contributed by atoms with E-state index in [4.69, 9.17) is 22.3 Å². The van der Waals surface area contributed by atoms with E-state index in [0.717, 1.165) is 6.92 Å². The fraction of sp³-hybridized carbons (Fsp3) is 0.692. The molecule has 0 aromatic carbocycles. The van der Waals surface area contributed by atoms with Crippen molar-refractivity contribution in [2.24, 2.45) is 22.2 Å². The Morgan fingerprint density at radius 2 is 1.34 bits per heavy atom. The van der Waals surface area contributed by atoms with Crippen LogP contribution in [0.5, 0.6) is 0 Å². The lowest BCUT2D eigenvalue weighted by Gasteiger charge is -2.27. The molecule has 0 saturated carbocycles. The van der Waals surface area contributed by atoms with Gasteiger partial charge in [-0.15, -0.1) is 0 Å². The normalized spacial score (nSPS) is 15.3. The molecule has 268 valence electrons. The Labute approximate surface area is 275 Å². The molecule has 15 N–H and O–H groups in total. The quantitative estimate of drug-likeness (QED) is 0.0270. The lowest BCUT2D eigenvalue weighted by atomic mass is 10.1. The Hall–Kier alpha value is -4.21. The van der Waals surface area contributed by atoms with Gasteiger partial charge in [0.25, 0.3) is 0 Å². The predicted octanol–water partition coefficient (Wildman–Crippen LogP) is -5.11. The fourth-order valence-corrected chi connectivity index (χ4v) is 4.22. The molecule has 0 bridgehead atoms. The number of aliphatic carboxylic acids is 2. The zero-order chi connectivity index (χ0) is 36.3. The second-order valence-electron chi connectivity index (χ2n) is 10.4. The third kappa shape index (κ3) is 17.3. The number of nitrogens with zero attached hydrogens (tertiary/aromatic N) is 1. The first-order valence-electron chi connectivity index (χ1n) is 14.5. The zero-order valence-corrected chi connectivity index (χ0v) is 27.2. The van der Waals surface area contributed by atoms with Gasteiger partial charge in [0, 0.05) is 13.0 Å². The summed E-state index contributed by atoms with van der Waals surface area (Å²) in [6.07, 6.45) is -0.277. The van der Waals surface area contributed by atoms with Crippen LogP contribution < -0.4 is 43.8 Å². The maximum Gasteiger partial charge on any atom is 0.326 e. The molecule has 0 aromatic heterocycles. The number of nitrogens with two attached hydrogens (primary N) is 3. The number of hydrogen-bond donors (Lipinski definition) is 12. The maximum absolute atomic E-state index is 13.2. The van der Waals surface area contributed by atoms with Crippen molar-refractivity contribution >= 4 is 59.2 Å². The number of carbonyl (C=O) groups is 7. The number of hydrogen-bond acceptors (Lipinski definition) is 12. The second kappa shape index (κ2) is 22.3. The number of thioether (sulfide) groups is 1. The summed E-state index contributed by atoms with van der Waals surface area (Å²) >= 11 is 1.38. The van der Waals surface area contributed by atoms with Crippen LogP contribution in [0.3, 0.4) is 0 Å². The van der Waals surface area contributed by atoms with E-state index in [9.17, 15) is 48.9 Å².